The molecule has 3 aliphatic rings. The maximum absolute atomic E-state index is 13.5. The zero-order valence-corrected chi connectivity index (χ0v) is 24.5. The van der Waals surface area contributed by atoms with Crippen LogP contribution < -0.4 is 0 Å². The number of rotatable bonds is 7. The highest BCUT2D eigenvalue weighted by Crippen LogP contribution is 2.68. The Bertz CT molecular complexity index is 1210. The third-order valence-corrected chi connectivity index (χ3v) is 8.72. The second-order valence-electron chi connectivity index (χ2n) is 11.8. The van der Waals surface area contributed by atoms with E-state index < -0.39 is 89.3 Å². The van der Waals surface area contributed by atoms with Gasteiger partial charge in [-0.05, 0) is 44.7 Å². The molecular formula is C30H38O11. The molecule has 224 valence electrons. The smallest absolute Gasteiger partial charge is 0.338 e. The van der Waals surface area contributed by atoms with E-state index in [1.807, 2.05) is 20.8 Å². The van der Waals surface area contributed by atoms with Crippen LogP contribution in [0.4, 0.5) is 0 Å². The van der Waals surface area contributed by atoms with Gasteiger partial charge in [-0.1, -0.05) is 25.1 Å². The molecule has 1 heterocycles. The first kappa shape index (κ1) is 30.5. The fourth-order valence-corrected chi connectivity index (χ4v) is 7.38. The summed E-state index contributed by atoms with van der Waals surface area (Å²) < 4.78 is 36.4. The fourth-order valence-electron chi connectivity index (χ4n) is 7.38. The minimum atomic E-state index is -1.64. The standard InChI is InChI=1S/C30H38O11/c1-16-13-23(37-18(3)32)26(39-20(5)34)29(15-36-17(2)31)24(40-27(35)21-11-9-8-10-12-21)14-22-25(38-19(4)33)30(16,29)41-28(22,6)7/h8-12,16,22-26H,13-15H2,1-7H3/t16-,22-,23+,24+,25-,26+,29-,30-/m1/s1. The van der Waals surface area contributed by atoms with E-state index in [4.69, 9.17) is 28.4 Å². The molecule has 4 rings (SSSR count). The second-order valence-corrected chi connectivity index (χ2v) is 11.8. The van der Waals surface area contributed by atoms with Gasteiger partial charge in [-0.3, -0.25) is 19.2 Å². The SMILES string of the molecule is CC(=O)OC[C@]12[C@@H](OC(=O)c3ccccc3)C[C@@H]3[C@@H](OC(C)=O)[C@]1(OC3(C)C)[C@H](C)C[C@H](OC(C)=O)[C@@H]2OC(C)=O. The van der Waals surface area contributed by atoms with Gasteiger partial charge < -0.3 is 28.4 Å². The van der Waals surface area contributed by atoms with Gasteiger partial charge >= 0.3 is 29.8 Å². The van der Waals surface area contributed by atoms with Crippen LogP contribution in [0, 0.1) is 17.3 Å². The summed E-state index contributed by atoms with van der Waals surface area (Å²) in [5, 5.41) is 0. The van der Waals surface area contributed by atoms with E-state index in [0.29, 0.717) is 0 Å². The summed E-state index contributed by atoms with van der Waals surface area (Å²) in [5.74, 6) is -4.13. The van der Waals surface area contributed by atoms with Crippen LogP contribution in [-0.2, 0) is 47.6 Å². The topological polar surface area (TPSA) is 141 Å². The van der Waals surface area contributed by atoms with Crippen LogP contribution in [0.1, 0.15) is 71.7 Å². The molecule has 8 atom stereocenters. The van der Waals surface area contributed by atoms with Gasteiger partial charge in [0.05, 0.1) is 11.2 Å². The van der Waals surface area contributed by atoms with Crippen LogP contribution in [0.15, 0.2) is 30.3 Å². The Morgan fingerprint density at radius 1 is 0.805 bits per heavy atom. The van der Waals surface area contributed by atoms with E-state index >= 15 is 0 Å². The number of benzene rings is 1. The molecular weight excluding hydrogens is 536 g/mol. The molecule has 11 heteroatoms. The molecule has 1 aromatic rings. The number of hydrogen-bond acceptors (Lipinski definition) is 11. The average Bonchev–Trinajstić information content (AvgIpc) is 3.03. The summed E-state index contributed by atoms with van der Waals surface area (Å²) in [7, 11) is 0. The zero-order chi connectivity index (χ0) is 30.3. The van der Waals surface area contributed by atoms with Crippen LogP contribution in [-0.4, -0.2) is 72.1 Å². The van der Waals surface area contributed by atoms with Crippen molar-refractivity contribution in [3.05, 3.63) is 35.9 Å². The van der Waals surface area contributed by atoms with Crippen molar-refractivity contribution in [2.45, 2.75) is 96.9 Å². The largest absolute Gasteiger partial charge is 0.465 e. The van der Waals surface area contributed by atoms with Crippen LogP contribution >= 0.6 is 0 Å². The van der Waals surface area contributed by atoms with E-state index in [-0.39, 0.29) is 18.4 Å². The van der Waals surface area contributed by atoms with Gasteiger partial charge in [0.25, 0.3) is 0 Å². The number of fused-ring (bicyclic) bond motifs is 1. The van der Waals surface area contributed by atoms with Gasteiger partial charge in [-0.25, -0.2) is 4.79 Å². The molecule has 0 N–H and O–H groups in total. The van der Waals surface area contributed by atoms with Gasteiger partial charge in [-0.2, -0.15) is 0 Å². The molecule has 0 unspecified atom stereocenters. The minimum Gasteiger partial charge on any atom is -0.465 e. The maximum atomic E-state index is 13.5. The van der Waals surface area contributed by atoms with Crippen LogP contribution in [0.5, 0.6) is 0 Å². The normalized spacial score (nSPS) is 34.9. The van der Waals surface area contributed by atoms with E-state index in [0.717, 1.165) is 0 Å². The highest BCUT2D eigenvalue weighted by atomic mass is 16.6. The molecule has 1 aromatic carbocycles. The van der Waals surface area contributed by atoms with Crippen molar-refractivity contribution in [2.75, 3.05) is 6.61 Å². The molecule has 3 fully saturated rings. The minimum absolute atomic E-state index is 0.115. The third-order valence-electron chi connectivity index (χ3n) is 8.72. The van der Waals surface area contributed by atoms with E-state index in [2.05, 4.69) is 0 Å². The average molecular weight is 575 g/mol. The molecule has 11 nitrogen and oxygen atoms in total. The summed E-state index contributed by atoms with van der Waals surface area (Å²) in [6.45, 7) is 10.1. The van der Waals surface area contributed by atoms with Gasteiger partial charge in [-0.15, -0.1) is 0 Å². The van der Waals surface area contributed by atoms with Crippen molar-refractivity contribution in [3.63, 3.8) is 0 Å². The highest BCUT2D eigenvalue weighted by molar-refractivity contribution is 5.89. The number of carbonyl (C=O) groups is 5. The molecule has 0 amide bonds. The number of ether oxygens (including phenoxy) is 6. The summed E-state index contributed by atoms with van der Waals surface area (Å²) in [6, 6.07) is 8.36. The maximum Gasteiger partial charge on any atom is 0.338 e. The van der Waals surface area contributed by atoms with Crippen molar-refractivity contribution in [1.82, 2.24) is 0 Å². The van der Waals surface area contributed by atoms with Crippen molar-refractivity contribution in [1.29, 1.82) is 0 Å². The highest BCUT2D eigenvalue weighted by Gasteiger charge is 2.82. The van der Waals surface area contributed by atoms with E-state index in [1.165, 1.54) is 27.7 Å². The predicted molar refractivity (Wildman–Crippen MR) is 141 cm³/mol. The van der Waals surface area contributed by atoms with Gasteiger partial charge in [0.15, 0.2) is 6.10 Å². The number of hydrogen-bond donors (Lipinski definition) is 0. The first-order valence-corrected chi connectivity index (χ1v) is 13.8. The van der Waals surface area contributed by atoms with Crippen molar-refractivity contribution >= 4 is 29.8 Å². The lowest BCUT2D eigenvalue weighted by Crippen LogP contribution is -2.78. The number of carbonyl (C=O) groups excluding carboxylic acids is 5. The Morgan fingerprint density at radius 2 is 1.39 bits per heavy atom. The first-order chi connectivity index (χ1) is 19.2. The monoisotopic (exact) mass is 574 g/mol. The predicted octanol–water partition coefficient (Wildman–Crippen LogP) is 3.16. The lowest BCUT2D eigenvalue weighted by molar-refractivity contribution is -0.319. The Balaban J connectivity index is 2.01. The van der Waals surface area contributed by atoms with E-state index in [9.17, 15) is 24.0 Å². The first-order valence-electron chi connectivity index (χ1n) is 13.8. The number of esters is 5. The molecule has 2 saturated carbocycles. The Labute approximate surface area is 239 Å². The Hall–Kier alpha value is -3.47. The van der Waals surface area contributed by atoms with Gasteiger partial charge in [0.1, 0.15) is 35.9 Å². The molecule has 0 radical (unpaired) electrons. The molecule has 2 bridgehead atoms. The van der Waals surface area contributed by atoms with Crippen LogP contribution in [0.2, 0.25) is 0 Å². The van der Waals surface area contributed by atoms with Crippen molar-refractivity contribution in [2.24, 2.45) is 17.3 Å². The molecule has 1 aliphatic heterocycles. The van der Waals surface area contributed by atoms with E-state index in [1.54, 1.807) is 30.3 Å². The second kappa shape index (κ2) is 11.1. The van der Waals surface area contributed by atoms with Gasteiger partial charge in [0, 0.05) is 33.6 Å². The summed E-state index contributed by atoms with van der Waals surface area (Å²) in [5.41, 5.74) is -3.74. The lowest BCUT2D eigenvalue weighted by Gasteiger charge is -2.63. The summed E-state index contributed by atoms with van der Waals surface area (Å²) in [6.07, 6.45) is -3.97. The quantitative estimate of drug-likeness (QED) is 0.350. The zero-order valence-electron chi connectivity index (χ0n) is 24.5. The summed E-state index contributed by atoms with van der Waals surface area (Å²) in [4.78, 5) is 63.2. The molecule has 0 aromatic heterocycles. The fraction of sp³-hybridized carbons (Fsp3) is 0.633. The Morgan fingerprint density at radius 3 is 1.95 bits per heavy atom. The molecule has 41 heavy (non-hydrogen) atoms. The van der Waals surface area contributed by atoms with Crippen molar-refractivity contribution in [3.8, 4) is 0 Å². The molecule has 2 aliphatic carbocycles. The molecule has 1 saturated heterocycles. The lowest BCUT2D eigenvalue weighted by atomic mass is 9.47. The Kier molecular flexibility index (Phi) is 8.23. The van der Waals surface area contributed by atoms with Crippen LogP contribution in [0.25, 0.3) is 0 Å². The third kappa shape index (κ3) is 5.20. The summed E-state index contributed by atoms with van der Waals surface area (Å²) >= 11 is 0. The molecule has 1 spiro atoms. The van der Waals surface area contributed by atoms with Crippen LogP contribution in [0.3, 0.4) is 0 Å². The van der Waals surface area contributed by atoms with Crippen molar-refractivity contribution < 1.29 is 52.4 Å². The van der Waals surface area contributed by atoms with Gasteiger partial charge in [0.2, 0.25) is 0 Å².